The monoisotopic (exact) mass is 191 g/mol. The summed E-state index contributed by atoms with van der Waals surface area (Å²) >= 11 is 0. The summed E-state index contributed by atoms with van der Waals surface area (Å²) in [5, 5.41) is 12.0. The highest BCUT2D eigenvalue weighted by Gasteiger charge is 2.29. The molecule has 0 spiro atoms. The third-order valence-corrected chi connectivity index (χ3v) is 2.71. The number of carboxylic acid groups (broad SMARTS) is 1. The highest BCUT2D eigenvalue weighted by molar-refractivity contribution is 5.79. The topological polar surface area (TPSA) is 49.3 Å². The number of rotatable bonds is 1. The number of carboxylic acids is 1. The van der Waals surface area contributed by atoms with E-state index in [1.807, 2.05) is 31.2 Å². The molecule has 0 saturated heterocycles. The first kappa shape index (κ1) is 9.06. The van der Waals surface area contributed by atoms with E-state index in [9.17, 15) is 4.79 Å². The van der Waals surface area contributed by atoms with Gasteiger partial charge < -0.3 is 10.4 Å². The standard InChI is InChI=1S/C11H13NO2/c1-7-6-8-4-2-3-5-9(8)12-10(7)11(13)14/h2-5,7,10,12H,6H2,1H3,(H,13,14). The zero-order valence-corrected chi connectivity index (χ0v) is 8.03. The molecule has 74 valence electrons. The Morgan fingerprint density at radius 1 is 1.50 bits per heavy atom. The molecule has 2 N–H and O–H groups in total. The van der Waals surface area contributed by atoms with Gasteiger partial charge in [-0.25, -0.2) is 4.79 Å². The highest BCUT2D eigenvalue weighted by atomic mass is 16.4. The molecule has 2 atom stereocenters. The fraction of sp³-hybridized carbons (Fsp3) is 0.364. The minimum absolute atomic E-state index is 0.141. The molecule has 0 aliphatic carbocycles. The molecule has 1 aromatic carbocycles. The molecule has 1 heterocycles. The van der Waals surface area contributed by atoms with E-state index in [2.05, 4.69) is 5.32 Å². The van der Waals surface area contributed by atoms with Crippen molar-refractivity contribution in [2.24, 2.45) is 5.92 Å². The van der Waals surface area contributed by atoms with Crippen LogP contribution in [0.4, 0.5) is 5.69 Å². The highest BCUT2D eigenvalue weighted by Crippen LogP contribution is 2.27. The van der Waals surface area contributed by atoms with Crippen molar-refractivity contribution in [3.05, 3.63) is 29.8 Å². The van der Waals surface area contributed by atoms with Gasteiger partial charge in [0.05, 0.1) is 0 Å². The maximum atomic E-state index is 10.9. The molecule has 1 aromatic rings. The fourth-order valence-electron chi connectivity index (χ4n) is 1.92. The first-order valence-electron chi connectivity index (χ1n) is 4.75. The number of nitrogens with one attached hydrogen (secondary N) is 1. The minimum atomic E-state index is -0.771. The summed E-state index contributed by atoms with van der Waals surface area (Å²) in [7, 11) is 0. The summed E-state index contributed by atoms with van der Waals surface area (Å²) in [5.74, 6) is -0.630. The van der Waals surface area contributed by atoms with Crippen LogP contribution in [0.25, 0.3) is 0 Å². The lowest BCUT2D eigenvalue weighted by atomic mass is 9.89. The van der Waals surface area contributed by atoms with Crippen molar-refractivity contribution in [3.63, 3.8) is 0 Å². The van der Waals surface area contributed by atoms with Gasteiger partial charge in [-0.3, -0.25) is 0 Å². The van der Waals surface area contributed by atoms with Crippen molar-refractivity contribution in [1.82, 2.24) is 0 Å². The number of para-hydroxylation sites is 1. The average molecular weight is 191 g/mol. The average Bonchev–Trinajstić information content (AvgIpc) is 2.16. The van der Waals surface area contributed by atoms with Crippen molar-refractivity contribution >= 4 is 11.7 Å². The lowest BCUT2D eigenvalue weighted by Crippen LogP contribution is -2.39. The van der Waals surface area contributed by atoms with Gasteiger partial charge in [0.1, 0.15) is 6.04 Å². The van der Waals surface area contributed by atoms with E-state index in [4.69, 9.17) is 5.11 Å². The Hall–Kier alpha value is -1.51. The molecule has 3 heteroatoms. The molecule has 0 radical (unpaired) electrons. The predicted octanol–water partition coefficient (Wildman–Crippen LogP) is 1.74. The molecule has 0 amide bonds. The maximum Gasteiger partial charge on any atom is 0.326 e. The fourth-order valence-corrected chi connectivity index (χ4v) is 1.92. The van der Waals surface area contributed by atoms with E-state index in [0.717, 1.165) is 12.1 Å². The van der Waals surface area contributed by atoms with Crippen LogP contribution in [0.1, 0.15) is 12.5 Å². The summed E-state index contributed by atoms with van der Waals surface area (Å²) in [4.78, 5) is 10.9. The molecule has 0 fully saturated rings. The molecular formula is C11H13NO2. The smallest absolute Gasteiger partial charge is 0.326 e. The van der Waals surface area contributed by atoms with Gasteiger partial charge in [-0.05, 0) is 24.0 Å². The second kappa shape index (κ2) is 3.33. The molecule has 1 aliphatic rings. The number of benzene rings is 1. The first-order chi connectivity index (χ1) is 6.68. The lowest BCUT2D eigenvalue weighted by Gasteiger charge is -2.29. The van der Waals surface area contributed by atoms with Crippen LogP contribution in [0, 0.1) is 5.92 Å². The van der Waals surface area contributed by atoms with Gasteiger partial charge in [0.15, 0.2) is 0 Å². The van der Waals surface area contributed by atoms with Crippen LogP contribution in [0.3, 0.4) is 0 Å². The molecule has 1 aliphatic heterocycles. The van der Waals surface area contributed by atoms with Gasteiger partial charge in [0, 0.05) is 5.69 Å². The van der Waals surface area contributed by atoms with Crippen LogP contribution >= 0.6 is 0 Å². The molecule has 3 nitrogen and oxygen atoms in total. The van der Waals surface area contributed by atoms with Crippen molar-refractivity contribution in [3.8, 4) is 0 Å². The van der Waals surface area contributed by atoms with E-state index >= 15 is 0 Å². The first-order valence-corrected chi connectivity index (χ1v) is 4.75. The summed E-state index contributed by atoms with van der Waals surface area (Å²) in [6.45, 7) is 1.96. The number of anilines is 1. The summed E-state index contributed by atoms with van der Waals surface area (Å²) in [6.07, 6.45) is 0.833. The Morgan fingerprint density at radius 2 is 2.21 bits per heavy atom. The normalized spacial score (nSPS) is 24.9. The van der Waals surface area contributed by atoms with Crippen LogP contribution in [0.5, 0.6) is 0 Å². The summed E-state index contributed by atoms with van der Waals surface area (Å²) in [6, 6.07) is 7.41. The van der Waals surface area contributed by atoms with Gasteiger partial charge in [0.25, 0.3) is 0 Å². The maximum absolute atomic E-state index is 10.9. The molecule has 0 aromatic heterocycles. The van der Waals surface area contributed by atoms with E-state index < -0.39 is 12.0 Å². The van der Waals surface area contributed by atoms with Gasteiger partial charge in [0.2, 0.25) is 0 Å². The molecule has 14 heavy (non-hydrogen) atoms. The van der Waals surface area contributed by atoms with Crippen LogP contribution in [-0.2, 0) is 11.2 Å². The summed E-state index contributed by atoms with van der Waals surface area (Å²) in [5.41, 5.74) is 2.16. The quantitative estimate of drug-likeness (QED) is 0.711. The molecule has 0 bridgehead atoms. The molecule has 0 saturated carbocycles. The van der Waals surface area contributed by atoms with Crippen molar-refractivity contribution in [1.29, 1.82) is 0 Å². The van der Waals surface area contributed by atoms with Gasteiger partial charge in [-0.2, -0.15) is 0 Å². The number of carbonyl (C=O) groups is 1. The Bertz CT molecular complexity index is 362. The second-order valence-corrected chi connectivity index (χ2v) is 3.80. The van der Waals surface area contributed by atoms with Crippen LogP contribution in [-0.4, -0.2) is 17.1 Å². The van der Waals surface area contributed by atoms with E-state index in [1.165, 1.54) is 5.56 Å². The van der Waals surface area contributed by atoms with Crippen molar-refractivity contribution in [2.45, 2.75) is 19.4 Å². The zero-order valence-electron chi connectivity index (χ0n) is 8.03. The summed E-state index contributed by atoms with van der Waals surface area (Å²) < 4.78 is 0. The Labute approximate surface area is 82.8 Å². The predicted molar refractivity (Wildman–Crippen MR) is 54.4 cm³/mol. The Balaban J connectivity index is 2.31. The van der Waals surface area contributed by atoms with Crippen molar-refractivity contribution < 1.29 is 9.90 Å². The van der Waals surface area contributed by atoms with E-state index in [0.29, 0.717) is 0 Å². The van der Waals surface area contributed by atoms with Crippen LogP contribution in [0.2, 0.25) is 0 Å². The van der Waals surface area contributed by atoms with Gasteiger partial charge in [-0.1, -0.05) is 25.1 Å². The van der Waals surface area contributed by atoms with Gasteiger partial charge >= 0.3 is 5.97 Å². The van der Waals surface area contributed by atoms with E-state index in [1.54, 1.807) is 0 Å². The number of fused-ring (bicyclic) bond motifs is 1. The van der Waals surface area contributed by atoms with Crippen LogP contribution in [0.15, 0.2) is 24.3 Å². The third-order valence-electron chi connectivity index (χ3n) is 2.71. The Kier molecular flexibility index (Phi) is 2.15. The van der Waals surface area contributed by atoms with E-state index in [-0.39, 0.29) is 5.92 Å². The minimum Gasteiger partial charge on any atom is -0.480 e. The largest absolute Gasteiger partial charge is 0.480 e. The molecule has 2 unspecified atom stereocenters. The SMILES string of the molecule is CC1Cc2ccccc2NC1C(=O)O. The lowest BCUT2D eigenvalue weighted by molar-refractivity contribution is -0.139. The number of hydrogen-bond donors (Lipinski definition) is 2. The zero-order chi connectivity index (χ0) is 10.1. The Morgan fingerprint density at radius 3 is 2.93 bits per heavy atom. The van der Waals surface area contributed by atoms with Gasteiger partial charge in [-0.15, -0.1) is 0 Å². The van der Waals surface area contributed by atoms with Crippen LogP contribution < -0.4 is 5.32 Å². The number of aliphatic carboxylic acids is 1. The molecule has 2 rings (SSSR count). The second-order valence-electron chi connectivity index (χ2n) is 3.80. The van der Waals surface area contributed by atoms with Crippen molar-refractivity contribution in [2.75, 3.05) is 5.32 Å². The molecular weight excluding hydrogens is 178 g/mol. The third kappa shape index (κ3) is 1.45. The number of hydrogen-bond acceptors (Lipinski definition) is 2.